The van der Waals surface area contributed by atoms with Crippen molar-refractivity contribution in [1.82, 2.24) is 0 Å². The number of anilines is 1. The summed E-state index contributed by atoms with van der Waals surface area (Å²) in [5.41, 5.74) is 11.2. The van der Waals surface area contributed by atoms with Gasteiger partial charge in [-0.3, -0.25) is 4.79 Å². The number of guanidine groups is 1. The quantitative estimate of drug-likeness (QED) is 0.600. The summed E-state index contributed by atoms with van der Waals surface area (Å²) in [4.78, 5) is 17.7. The number of sulfone groups is 1. The number of nitrogens with zero attached hydrogens (tertiary/aromatic N) is 2. The van der Waals surface area contributed by atoms with E-state index in [1.807, 2.05) is 0 Å². The molecule has 1 amide bonds. The molecule has 9 heteroatoms. The molecule has 2 rings (SSSR count). The predicted molar refractivity (Wildman–Crippen MR) is 102 cm³/mol. The smallest absolute Gasteiger partial charge is 0.280 e. The van der Waals surface area contributed by atoms with Gasteiger partial charge in [-0.15, -0.1) is 12.4 Å². The Kier molecular flexibility index (Phi) is 7.69. The Hall–Kier alpha value is -1.80. The molecule has 0 bridgehead atoms. The molecule has 0 spiro atoms. The minimum atomic E-state index is -3.49. The Morgan fingerprint density at radius 1 is 1.08 bits per heavy atom. The lowest BCUT2D eigenvalue weighted by Gasteiger charge is -2.28. The van der Waals surface area contributed by atoms with Crippen LogP contribution in [0.1, 0.15) is 42.5 Å². The van der Waals surface area contributed by atoms with Crippen molar-refractivity contribution in [1.29, 1.82) is 0 Å². The number of hydrogen-bond acceptors (Lipinski definition) is 4. The van der Waals surface area contributed by atoms with E-state index >= 15 is 0 Å². The van der Waals surface area contributed by atoms with Crippen LogP contribution >= 0.6 is 12.4 Å². The average molecular weight is 389 g/mol. The molecule has 0 aliphatic carbocycles. The lowest BCUT2D eigenvalue weighted by atomic mass is 10.1. The maximum Gasteiger partial charge on any atom is 0.280 e. The molecule has 0 saturated carbocycles. The molecule has 7 nitrogen and oxygen atoms in total. The van der Waals surface area contributed by atoms with E-state index in [1.165, 1.54) is 12.5 Å². The van der Waals surface area contributed by atoms with Crippen LogP contribution in [0.25, 0.3) is 0 Å². The van der Waals surface area contributed by atoms with Crippen LogP contribution in [0, 0.1) is 0 Å². The molecule has 1 aliphatic rings. The van der Waals surface area contributed by atoms with Crippen LogP contribution in [0.4, 0.5) is 5.69 Å². The van der Waals surface area contributed by atoms with Crippen molar-refractivity contribution in [2.75, 3.05) is 24.2 Å². The molecular weight excluding hydrogens is 364 g/mol. The standard InChI is InChI=1S/C16H24N4O3S.ClH/c1-24(22,23)14-11-12(15(21)19-16(17)18)7-8-13(14)20-9-5-3-2-4-6-10-20;/h7-8,11H,2-6,9-10H2,1H3,(H4,17,18,19,21);1H. The normalized spacial score (nSPS) is 15.5. The third kappa shape index (κ3) is 5.89. The Labute approximate surface area is 154 Å². The van der Waals surface area contributed by atoms with Crippen LogP contribution in [-0.2, 0) is 9.84 Å². The number of aliphatic imine (C=N–C) groups is 1. The summed E-state index contributed by atoms with van der Waals surface area (Å²) in [6.45, 7) is 1.62. The van der Waals surface area contributed by atoms with Crippen LogP contribution in [0.2, 0.25) is 0 Å². The van der Waals surface area contributed by atoms with Crippen molar-refractivity contribution in [3.63, 3.8) is 0 Å². The molecule has 1 fully saturated rings. The van der Waals surface area contributed by atoms with Crippen molar-refractivity contribution in [2.45, 2.75) is 37.0 Å². The van der Waals surface area contributed by atoms with E-state index in [-0.39, 0.29) is 28.8 Å². The van der Waals surface area contributed by atoms with Crippen molar-refractivity contribution in [2.24, 2.45) is 16.5 Å². The number of rotatable bonds is 3. The zero-order valence-corrected chi connectivity index (χ0v) is 15.9. The molecule has 0 aromatic heterocycles. The summed E-state index contributed by atoms with van der Waals surface area (Å²) in [5, 5.41) is 0. The van der Waals surface area contributed by atoms with E-state index in [9.17, 15) is 13.2 Å². The number of carbonyl (C=O) groups is 1. The van der Waals surface area contributed by atoms with Gasteiger partial charge < -0.3 is 16.4 Å². The molecule has 0 atom stereocenters. The summed E-state index contributed by atoms with van der Waals surface area (Å²) in [7, 11) is -3.49. The predicted octanol–water partition coefficient (Wildman–Crippen LogP) is 1.70. The van der Waals surface area contributed by atoms with Gasteiger partial charge in [0.1, 0.15) is 0 Å². The molecule has 1 aromatic rings. The van der Waals surface area contributed by atoms with Gasteiger partial charge in [-0.25, -0.2) is 8.42 Å². The van der Waals surface area contributed by atoms with Crippen molar-refractivity contribution >= 4 is 39.8 Å². The molecule has 0 unspecified atom stereocenters. The molecule has 140 valence electrons. The van der Waals surface area contributed by atoms with E-state index in [4.69, 9.17) is 11.5 Å². The lowest BCUT2D eigenvalue weighted by Crippen LogP contribution is -2.28. The Morgan fingerprint density at radius 2 is 1.64 bits per heavy atom. The van der Waals surface area contributed by atoms with Gasteiger partial charge in [-0.05, 0) is 31.0 Å². The van der Waals surface area contributed by atoms with Crippen LogP contribution < -0.4 is 16.4 Å². The SMILES string of the molecule is CS(=O)(=O)c1cc(C(=O)N=C(N)N)ccc1N1CCCCCCC1.Cl. The number of halogens is 1. The van der Waals surface area contributed by atoms with Crippen molar-refractivity contribution < 1.29 is 13.2 Å². The Balaban J connectivity index is 0.00000312. The minimum absolute atomic E-state index is 0. The Bertz CT molecular complexity index is 738. The number of benzene rings is 1. The van der Waals surface area contributed by atoms with Gasteiger partial charge in [0.25, 0.3) is 5.91 Å². The summed E-state index contributed by atoms with van der Waals surface area (Å²) in [5.74, 6) is -1.01. The first-order valence-electron chi connectivity index (χ1n) is 8.02. The summed E-state index contributed by atoms with van der Waals surface area (Å²) >= 11 is 0. The Morgan fingerprint density at radius 3 is 2.16 bits per heavy atom. The highest BCUT2D eigenvalue weighted by molar-refractivity contribution is 7.90. The van der Waals surface area contributed by atoms with Gasteiger partial charge in [-0.2, -0.15) is 4.99 Å². The third-order valence-corrected chi connectivity index (χ3v) is 5.16. The van der Waals surface area contributed by atoms with Crippen LogP contribution in [-0.4, -0.2) is 39.6 Å². The molecule has 0 radical (unpaired) electrons. The first-order chi connectivity index (χ1) is 11.3. The van der Waals surface area contributed by atoms with E-state index in [1.54, 1.807) is 12.1 Å². The van der Waals surface area contributed by atoms with E-state index in [0.717, 1.165) is 45.0 Å². The van der Waals surface area contributed by atoms with E-state index in [2.05, 4.69) is 9.89 Å². The molecule has 4 N–H and O–H groups in total. The van der Waals surface area contributed by atoms with Crippen LogP contribution in [0.5, 0.6) is 0 Å². The highest BCUT2D eigenvalue weighted by Gasteiger charge is 2.21. The monoisotopic (exact) mass is 388 g/mol. The second-order valence-corrected chi connectivity index (χ2v) is 8.04. The van der Waals surface area contributed by atoms with E-state index in [0.29, 0.717) is 5.69 Å². The van der Waals surface area contributed by atoms with Crippen molar-refractivity contribution in [3.05, 3.63) is 23.8 Å². The lowest BCUT2D eigenvalue weighted by molar-refractivity contribution is 0.100. The molecule has 1 aromatic carbocycles. The third-order valence-electron chi connectivity index (χ3n) is 4.03. The van der Waals surface area contributed by atoms with E-state index < -0.39 is 15.7 Å². The fraction of sp³-hybridized carbons (Fsp3) is 0.500. The van der Waals surface area contributed by atoms with Gasteiger partial charge in [0.05, 0.1) is 10.6 Å². The highest BCUT2D eigenvalue weighted by Crippen LogP contribution is 2.28. The number of amides is 1. The molecule has 1 saturated heterocycles. The van der Waals surface area contributed by atoms with Gasteiger partial charge in [0.15, 0.2) is 15.8 Å². The fourth-order valence-corrected chi connectivity index (χ4v) is 3.79. The second-order valence-electron chi connectivity index (χ2n) is 6.05. The second kappa shape index (κ2) is 9.05. The number of nitrogens with two attached hydrogens (primary N) is 2. The average Bonchev–Trinajstić information content (AvgIpc) is 2.45. The largest absolute Gasteiger partial charge is 0.370 e. The number of carbonyl (C=O) groups excluding carboxylic acids is 1. The minimum Gasteiger partial charge on any atom is -0.370 e. The van der Waals surface area contributed by atoms with Gasteiger partial charge in [-0.1, -0.05) is 19.3 Å². The molecule has 25 heavy (non-hydrogen) atoms. The van der Waals surface area contributed by atoms with Gasteiger partial charge >= 0.3 is 0 Å². The summed E-state index contributed by atoms with van der Waals surface area (Å²) < 4.78 is 24.4. The maximum absolute atomic E-state index is 12.2. The first-order valence-corrected chi connectivity index (χ1v) is 9.91. The number of hydrogen-bond donors (Lipinski definition) is 2. The molecular formula is C16H25ClN4O3S. The maximum atomic E-state index is 12.2. The zero-order chi connectivity index (χ0) is 17.7. The van der Waals surface area contributed by atoms with Gasteiger partial charge in [0.2, 0.25) is 0 Å². The van der Waals surface area contributed by atoms with Crippen LogP contribution in [0.15, 0.2) is 28.1 Å². The fourth-order valence-electron chi connectivity index (χ4n) is 2.88. The topological polar surface area (TPSA) is 119 Å². The zero-order valence-electron chi connectivity index (χ0n) is 14.3. The van der Waals surface area contributed by atoms with Gasteiger partial charge in [0, 0.05) is 24.9 Å². The highest BCUT2D eigenvalue weighted by atomic mass is 35.5. The molecule has 1 heterocycles. The summed E-state index contributed by atoms with van der Waals surface area (Å²) in [6, 6.07) is 4.60. The van der Waals surface area contributed by atoms with Crippen LogP contribution in [0.3, 0.4) is 0 Å². The first kappa shape index (κ1) is 21.2. The summed E-state index contributed by atoms with van der Waals surface area (Å²) in [6.07, 6.45) is 6.71. The molecule has 1 aliphatic heterocycles. The van der Waals surface area contributed by atoms with Crippen molar-refractivity contribution in [3.8, 4) is 0 Å².